The molecule has 0 N–H and O–H groups in total. The third-order valence-corrected chi connectivity index (χ3v) is 15.7. The van der Waals surface area contributed by atoms with Gasteiger partial charge in [0.25, 0.3) is 0 Å². The second kappa shape index (κ2) is 17.1. The van der Waals surface area contributed by atoms with Gasteiger partial charge >= 0.3 is 0 Å². The number of allylic oxidation sites excluding steroid dienone is 4. The molecule has 0 amide bonds. The van der Waals surface area contributed by atoms with Crippen molar-refractivity contribution in [1.29, 1.82) is 0 Å². The van der Waals surface area contributed by atoms with Crippen LogP contribution in [0, 0.1) is 5.92 Å². The van der Waals surface area contributed by atoms with Gasteiger partial charge in [0.15, 0.2) is 0 Å². The Labute approximate surface area is 420 Å². The highest BCUT2D eigenvalue weighted by atomic mass is 15.1. The lowest BCUT2D eigenvalue weighted by Gasteiger charge is -2.39. The molecule has 0 bridgehead atoms. The van der Waals surface area contributed by atoms with Crippen molar-refractivity contribution in [3.63, 3.8) is 0 Å². The molecule has 0 aromatic heterocycles. The molecule has 1 unspecified atom stereocenters. The minimum atomic E-state index is -0.297. The highest BCUT2D eigenvalue weighted by Gasteiger charge is 2.51. The van der Waals surface area contributed by atoms with Gasteiger partial charge in [-0.15, -0.1) is 0 Å². The van der Waals surface area contributed by atoms with Crippen LogP contribution in [0.4, 0.5) is 17.1 Å². The maximum atomic E-state index is 2.49. The van der Waals surface area contributed by atoms with Crippen molar-refractivity contribution in [2.45, 2.75) is 11.8 Å². The number of hydrogen-bond donors (Lipinski definition) is 0. The summed E-state index contributed by atoms with van der Waals surface area (Å²) in [7, 11) is 0. The summed E-state index contributed by atoms with van der Waals surface area (Å²) in [5.41, 5.74) is 17.1. The first-order valence-corrected chi connectivity index (χ1v) is 25.3. The summed E-state index contributed by atoms with van der Waals surface area (Å²) in [6.07, 6.45) is 5.91. The second-order valence-corrected chi connectivity index (χ2v) is 19.5. The van der Waals surface area contributed by atoms with E-state index in [9.17, 15) is 0 Å². The van der Waals surface area contributed by atoms with Crippen LogP contribution in [-0.4, -0.2) is 0 Å². The molecule has 14 rings (SSSR count). The number of fused-ring (bicyclic) bond motifs is 9. The smallest absolute Gasteiger partial charge is 0.0540 e. The van der Waals surface area contributed by atoms with Crippen molar-refractivity contribution >= 4 is 71.3 Å². The number of anilines is 3. The van der Waals surface area contributed by atoms with E-state index in [1.807, 2.05) is 0 Å². The van der Waals surface area contributed by atoms with E-state index in [0.717, 1.165) is 23.5 Å². The maximum absolute atomic E-state index is 2.49. The normalized spacial score (nSPS) is 14.8. The van der Waals surface area contributed by atoms with Crippen molar-refractivity contribution in [2.75, 3.05) is 4.90 Å². The summed E-state index contributed by atoms with van der Waals surface area (Å²) < 4.78 is 0. The Morgan fingerprint density at radius 2 is 0.875 bits per heavy atom. The average molecular weight is 916 g/mol. The molecule has 0 saturated heterocycles. The van der Waals surface area contributed by atoms with Crippen LogP contribution in [0.2, 0.25) is 0 Å². The van der Waals surface area contributed by atoms with E-state index in [1.165, 1.54) is 104 Å². The first-order chi connectivity index (χ1) is 35.7. The molecule has 1 atom stereocenters. The van der Waals surface area contributed by atoms with Crippen molar-refractivity contribution < 1.29 is 0 Å². The topological polar surface area (TPSA) is 3.24 Å². The monoisotopic (exact) mass is 915 g/mol. The van der Waals surface area contributed by atoms with Crippen LogP contribution >= 0.6 is 0 Å². The van der Waals surface area contributed by atoms with E-state index in [0.29, 0.717) is 0 Å². The van der Waals surface area contributed by atoms with Crippen molar-refractivity contribution in [1.82, 2.24) is 0 Å². The molecule has 1 nitrogen and oxygen atoms in total. The van der Waals surface area contributed by atoms with E-state index in [-0.39, 0.29) is 11.3 Å². The summed E-state index contributed by atoms with van der Waals surface area (Å²) in [6, 6.07) is 99.0. The molecule has 0 heterocycles. The summed E-state index contributed by atoms with van der Waals surface area (Å²) in [5.74, 6) is 0.257. The molecule has 2 aliphatic carbocycles. The first kappa shape index (κ1) is 41.9. The highest BCUT2D eigenvalue weighted by Crippen LogP contribution is 2.60. The lowest BCUT2D eigenvalue weighted by Crippen LogP contribution is -2.34. The van der Waals surface area contributed by atoms with Gasteiger partial charge in [-0.05, 0) is 148 Å². The minimum Gasteiger partial charge on any atom is -0.310 e. The quantitative estimate of drug-likeness (QED) is 0.137. The fraction of sp³-hybridized carbons (Fsp3) is 0.0423. The van der Waals surface area contributed by atoms with E-state index < -0.39 is 0 Å². The standard InChI is InChI=1S/C71H49N/c1-3-23-53(24-4-1)71(54-25-5-2-6-26-54)68-36-17-15-34-63(68)67-45-49(40-43-69(67)71)48-38-41-55(42-39-48)72(56-27-19-22-50(44-56)65-46-51-20-7-9-28-57(51)59-30-11-13-32-61(59)65)70-37-18-16-35-64(70)66-47-52-21-8-10-29-58(52)60-31-12-14-33-62(60)66/h1-42,44-47,69H,43H2. The van der Waals surface area contributed by atoms with Gasteiger partial charge in [0.2, 0.25) is 0 Å². The Balaban J connectivity index is 0.922. The first-order valence-electron chi connectivity index (χ1n) is 25.3. The minimum absolute atomic E-state index is 0.257. The summed E-state index contributed by atoms with van der Waals surface area (Å²) in [4.78, 5) is 2.47. The molecule has 0 saturated carbocycles. The van der Waals surface area contributed by atoms with E-state index in [1.54, 1.807) is 0 Å². The molecule has 0 aliphatic heterocycles. The van der Waals surface area contributed by atoms with Crippen LogP contribution in [-0.2, 0) is 5.41 Å². The molecule has 1 heteroatoms. The molecule has 2 aliphatic rings. The van der Waals surface area contributed by atoms with Gasteiger partial charge in [-0.25, -0.2) is 0 Å². The maximum Gasteiger partial charge on any atom is 0.0540 e. The average Bonchev–Trinajstić information content (AvgIpc) is 3.76. The largest absolute Gasteiger partial charge is 0.310 e. The van der Waals surface area contributed by atoms with Crippen molar-refractivity contribution in [3.05, 3.63) is 307 Å². The van der Waals surface area contributed by atoms with Crippen molar-refractivity contribution in [2.24, 2.45) is 5.92 Å². The van der Waals surface area contributed by atoms with Gasteiger partial charge in [-0.3, -0.25) is 0 Å². The summed E-state index contributed by atoms with van der Waals surface area (Å²) >= 11 is 0. The molecule has 12 aromatic rings. The summed E-state index contributed by atoms with van der Waals surface area (Å²) in [5, 5.41) is 10.0. The van der Waals surface area contributed by atoms with Gasteiger partial charge in [-0.1, -0.05) is 237 Å². The van der Waals surface area contributed by atoms with Gasteiger partial charge in [-0.2, -0.15) is 0 Å². The molecule has 0 fully saturated rings. The fourth-order valence-electron chi connectivity index (χ4n) is 12.6. The molecule has 72 heavy (non-hydrogen) atoms. The Kier molecular flexibility index (Phi) is 9.96. The van der Waals surface area contributed by atoms with Gasteiger partial charge in [0.1, 0.15) is 0 Å². The van der Waals surface area contributed by atoms with Crippen LogP contribution in [0.3, 0.4) is 0 Å². The van der Waals surface area contributed by atoms with Crippen molar-refractivity contribution in [3.8, 4) is 22.3 Å². The predicted molar refractivity (Wildman–Crippen MR) is 305 cm³/mol. The number of rotatable bonds is 8. The zero-order chi connectivity index (χ0) is 47.6. The zero-order valence-corrected chi connectivity index (χ0v) is 39.8. The third-order valence-electron chi connectivity index (χ3n) is 15.7. The number of benzene rings is 12. The van der Waals surface area contributed by atoms with Crippen LogP contribution in [0.25, 0.3) is 76.5 Å². The molecule has 338 valence electrons. The van der Waals surface area contributed by atoms with E-state index in [2.05, 4.69) is 284 Å². The highest BCUT2D eigenvalue weighted by molar-refractivity contribution is 6.16. The lowest BCUT2D eigenvalue weighted by molar-refractivity contribution is 0.485. The number of nitrogens with zero attached hydrogens (tertiary/aromatic N) is 1. The van der Waals surface area contributed by atoms with Crippen LogP contribution in [0.15, 0.2) is 279 Å². The number of para-hydroxylation sites is 1. The third kappa shape index (κ3) is 6.62. The fourth-order valence-corrected chi connectivity index (χ4v) is 12.6. The zero-order valence-electron chi connectivity index (χ0n) is 39.8. The van der Waals surface area contributed by atoms with Gasteiger partial charge < -0.3 is 4.90 Å². The van der Waals surface area contributed by atoms with E-state index in [4.69, 9.17) is 0 Å². The summed E-state index contributed by atoms with van der Waals surface area (Å²) in [6.45, 7) is 0. The van der Waals surface area contributed by atoms with E-state index >= 15 is 0 Å². The lowest BCUT2D eigenvalue weighted by atomic mass is 9.63. The number of hydrogen-bond acceptors (Lipinski definition) is 1. The Bertz CT molecular complexity index is 4080. The van der Waals surface area contributed by atoms with Crippen LogP contribution in [0.5, 0.6) is 0 Å². The molecule has 12 aromatic carbocycles. The predicted octanol–water partition coefficient (Wildman–Crippen LogP) is 18.9. The van der Waals surface area contributed by atoms with Crippen LogP contribution < -0.4 is 4.90 Å². The van der Waals surface area contributed by atoms with Gasteiger partial charge in [0.05, 0.1) is 11.1 Å². The van der Waals surface area contributed by atoms with Crippen LogP contribution in [0.1, 0.15) is 34.2 Å². The molecule has 0 radical (unpaired) electrons. The molecule has 0 spiro atoms. The van der Waals surface area contributed by atoms with Gasteiger partial charge in [0, 0.05) is 22.9 Å². The molecular formula is C71H49N. The Morgan fingerprint density at radius 1 is 0.347 bits per heavy atom. The Morgan fingerprint density at radius 3 is 1.54 bits per heavy atom. The molecular weight excluding hydrogens is 867 g/mol. The SMILES string of the molecule is C1=C(c2ccc(N(c3cccc(-c4cc5ccccc5c5ccccc45)c3)c3ccccc3-c3cc4ccccc4c4ccccc34)cc2)C=C2c3ccccc3C(c3ccccc3)(c3ccccc3)C2C1. The second-order valence-electron chi connectivity index (χ2n) is 19.5. The Hall–Kier alpha value is -9.04.